The lowest BCUT2D eigenvalue weighted by Gasteiger charge is -2.41. The number of benzene rings is 1. The Morgan fingerprint density at radius 1 is 1.36 bits per heavy atom. The number of fused-ring (bicyclic) bond motifs is 1. The van der Waals surface area contributed by atoms with Gasteiger partial charge in [0, 0.05) is 26.8 Å². The van der Waals surface area contributed by atoms with Gasteiger partial charge in [-0.15, -0.1) is 0 Å². The van der Waals surface area contributed by atoms with Crippen molar-refractivity contribution in [1.29, 1.82) is 0 Å². The maximum atomic E-state index is 12.6. The number of nitrogens with zero attached hydrogens (tertiary/aromatic N) is 3. The number of aromatic nitrogens is 2. The van der Waals surface area contributed by atoms with Crippen molar-refractivity contribution in [3.63, 3.8) is 0 Å². The van der Waals surface area contributed by atoms with E-state index in [9.17, 15) is 4.79 Å². The summed E-state index contributed by atoms with van der Waals surface area (Å²) in [6.07, 6.45) is 2.55. The molecule has 7 heteroatoms. The second kappa shape index (κ2) is 8.21. The third kappa shape index (κ3) is 4.16. The van der Waals surface area contributed by atoms with E-state index in [-0.39, 0.29) is 5.97 Å². The molecule has 1 atom stereocenters. The Morgan fingerprint density at radius 3 is 3.00 bits per heavy atom. The molecule has 1 unspecified atom stereocenters. The highest BCUT2D eigenvalue weighted by atomic mass is 32.1. The van der Waals surface area contributed by atoms with Crippen LogP contribution in [0.1, 0.15) is 31.7 Å². The first-order chi connectivity index (χ1) is 12.2. The fraction of sp³-hybridized carbons (Fsp3) is 0.611. The molecule has 1 aromatic carbocycles. The van der Waals surface area contributed by atoms with Crippen molar-refractivity contribution in [2.45, 2.75) is 32.7 Å². The van der Waals surface area contributed by atoms with E-state index in [1.165, 1.54) is 17.3 Å². The Hall–Kier alpha value is -1.57. The van der Waals surface area contributed by atoms with Crippen molar-refractivity contribution in [3.05, 3.63) is 23.8 Å². The van der Waals surface area contributed by atoms with Crippen LogP contribution in [0.4, 0.5) is 0 Å². The summed E-state index contributed by atoms with van der Waals surface area (Å²) < 4.78 is 19.2. The lowest BCUT2D eigenvalue weighted by Crippen LogP contribution is -2.48. The molecule has 1 aliphatic heterocycles. The number of hydrogen-bond acceptors (Lipinski definition) is 7. The van der Waals surface area contributed by atoms with Gasteiger partial charge in [-0.2, -0.15) is 8.75 Å². The first-order valence-electron chi connectivity index (χ1n) is 8.76. The molecule has 2 aromatic rings. The van der Waals surface area contributed by atoms with E-state index in [2.05, 4.69) is 25.8 Å². The third-order valence-electron chi connectivity index (χ3n) is 4.87. The predicted octanol–water partition coefficient (Wildman–Crippen LogP) is 2.87. The van der Waals surface area contributed by atoms with Gasteiger partial charge in [0.15, 0.2) is 0 Å². The fourth-order valence-corrected chi connectivity index (χ4v) is 4.12. The molecule has 0 amide bonds. The molecule has 1 saturated heterocycles. The summed E-state index contributed by atoms with van der Waals surface area (Å²) in [6, 6.07) is 6.20. The van der Waals surface area contributed by atoms with Crippen LogP contribution in [0.15, 0.2) is 18.2 Å². The molecule has 136 valence electrons. The fourth-order valence-electron chi connectivity index (χ4n) is 3.60. The average Bonchev–Trinajstić information content (AvgIpc) is 3.08. The summed E-state index contributed by atoms with van der Waals surface area (Å²) in [6.45, 7) is 5.36. The molecular weight excluding hydrogens is 338 g/mol. The molecule has 6 nitrogen and oxygen atoms in total. The number of rotatable bonds is 7. The minimum absolute atomic E-state index is 0.0871. The van der Waals surface area contributed by atoms with E-state index in [1.54, 1.807) is 7.11 Å². The van der Waals surface area contributed by atoms with E-state index >= 15 is 0 Å². The van der Waals surface area contributed by atoms with Crippen LogP contribution in [0.3, 0.4) is 0 Å². The maximum absolute atomic E-state index is 12.6. The third-order valence-corrected chi connectivity index (χ3v) is 5.43. The van der Waals surface area contributed by atoms with E-state index in [0.29, 0.717) is 26.2 Å². The number of piperidine rings is 1. The number of carbonyl (C=O) groups is 1. The molecule has 2 heterocycles. The van der Waals surface area contributed by atoms with E-state index in [1.807, 2.05) is 13.0 Å². The van der Waals surface area contributed by atoms with E-state index < -0.39 is 5.41 Å². The lowest BCUT2D eigenvalue weighted by molar-refractivity contribution is -0.160. The van der Waals surface area contributed by atoms with E-state index in [4.69, 9.17) is 9.47 Å². The van der Waals surface area contributed by atoms with Crippen LogP contribution in [-0.2, 0) is 20.8 Å². The topological polar surface area (TPSA) is 64.6 Å². The highest BCUT2D eigenvalue weighted by molar-refractivity contribution is 7.00. The summed E-state index contributed by atoms with van der Waals surface area (Å²) in [5.74, 6) is -0.0871. The summed E-state index contributed by atoms with van der Waals surface area (Å²) in [5, 5.41) is 0. The number of hydrogen-bond donors (Lipinski definition) is 0. The van der Waals surface area contributed by atoms with Crippen molar-refractivity contribution in [2.75, 3.05) is 33.4 Å². The van der Waals surface area contributed by atoms with Gasteiger partial charge in [-0.1, -0.05) is 6.07 Å². The van der Waals surface area contributed by atoms with Gasteiger partial charge in [0.25, 0.3) is 0 Å². The maximum Gasteiger partial charge on any atom is 0.313 e. The summed E-state index contributed by atoms with van der Waals surface area (Å²) in [5.41, 5.74) is 2.62. The normalized spacial score (nSPS) is 21.5. The number of ether oxygens (including phenoxy) is 2. The van der Waals surface area contributed by atoms with Gasteiger partial charge in [0.05, 0.1) is 23.8 Å². The van der Waals surface area contributed by atoms with Crippen LogP contribution in [0.25, 0.3) is 11.0 Å². The number of esters is 1. The second-order valence-corrected chi connectivity index (χ2v) is 7.17. The largest absolute Gasteiger partial charge is 0.466 e. The van der Waals surface area contributed by atoms with Gasteiger partial charge in [0.2, 0.25) is 0 Å². The van der Waals surface area contributed by atoms with Crippen molar-refractivity contribution >= 4 is 28.7 Å². The van der Waals surface area contributed by atoms with Crippen LogP contribution >= 0.6 is 11.7 Å². The Kier molecular flexibility index (Phi) is 5.98. The molecule has 0 bridgehead atoms. The minimum Gasteiger partial charge on any atom is -0.466 e. The quantitative estimate of drug-likeness (QED) is 0.705. The minimum atomic E-state index is -0.462. The summed E-state index contributed by atoms with van der Waals surface area (Å²) in [4.78, 5) is 15.0. The molecular formula is C18H25N3O3S. The standard InChI is InChI=1S/C18H25N3O3S/c1-3-24-17(22)18(8-10-23-2)7-4-9-21(13-18)12-14-5-6-15-16(11-14)20-25-19-15/h5-6,11H,3-4,7-10,12-13H2,1-2H3. The molecule has 0 saturated carbocycles. The lowest BCUT2D eigenvalue weighted by atomic mass is 9.77. The molecule has 0 aliphatic carbocycles. The Bertz CT molecular complexity index is 720. The van der Waals surface area contributed by atoms with Crippen molar-refractivity contribution in [2.24, 2.45) is 5.41 Å². The van der Waals surface area contributed by atoms with Crippen LogP contribution in [0.5, 0.6) is 0 Å². The van der Waals surface area contributed by atoms with Crippen LogP contribution in [0, 0.1) is 5.41 Å². The van der Waals surface area contributed by atoms with Gasteiger partial charge in [-0.3, -0.25) is 9.69 Å². The first-order valence-corrected chi connectivity index (χ1v) is 9.49. The molecule has 1 fully saturated rings. The van der Waals surface area contributed by atoms with Gasteiger partial charge < -0.3 is 9.47 Å². The Morgan fingerprint density at radius 2 is 2.20 bits per heavy atom. The average molecular weight is 363 g/mol. The van der Waals surface area contributed by atoms with E-state index in [0.717, 1.165) is 37.0 Å². The molecule has 1 aromatic heterocycles. The predicted molar refractivity (Wildman–Crippen MR) is 97.5 cm³/mol. The number of likely N-dealkylation sites (tertiary alicyclic amines) is 1. The molecule has 3 rings (SSSR count). The number of carbonyl (C=O) groups excluding carboxylic acids is 1. The van der Waals surface area contributed by atoms with Crippen molar-refractivity contribution < 1.29 is 14.3 Å². The molecule has 0 radical (unpaired) electrons. The van der Waals surface area contributed by atoms with Gasteiger partial charge >= 0.3 is 5.97 Å². The Labute approximate surface area is 152 Å². The molecule has 1 aliphatic rings. The Balaban J connectivity index is 1.73. The highest BCUT2D eigenvalue weighted by Crippen LogP contribution is 2.35. The van der Waals surface area contributed by atoms with Gasteiger partial charge in [-0.05, 0) is 50.4 Å². The first kappa shape index (κ1) is 18.2. The zero-order valence-corrected chi connectivity index (χ0v) is 15.7. The van der Waals surface area contributed by atoms with Crippen LogP contribution < -0.4 is 0 Å². The molecule has 0 N–H and O–H groups in total. The molecule has 0 spiro atoms. The summed E-state index contributed by atoms with van der Waals surface area (Å²) in [7, 11) is 1.68. The monoisotopic (exact) mass is 363 g/mol. The van der Waals surface area contributed by atoms with Crippen LogP contribution in [0.2, 0.25) is 0 Å². The summed E-state index contributed by atoms with van der Waals surface area (Å²) >= 11 is 1.24. The van der Waals surface area contributed by atoms with Gasteiger partial charge in [-0.25, -0.2) is 0 Å². The van der Waals surface area contributed by atoms with Crippen LogP contribution in [-0.4, -0.2) is 53.0 Å². The van der Waals surface area contributed by atoms with Gasteiger partial charge in [0.1, 0.15) is 11.0 Å². The molecule has 25 heavy (non-hydrogen) atoms. The smallest absolute Gasteiger partial charge is 0.313 e. The number of methoxy groups -OCH3 is 1. The highest BCUT2D eigenvalue weighted by Gasteiger charge is 2.43. The SMILES string of the molecule is CCOC(=O)C1(CCOC)CCCN(Cc2ccc3nsnc3c2)C1. The zero-order valence-electron chi connectivity index (χ0n) is 14.9. The second-order valence-electron chi connectivity index (χ2n) is 6.65. The zero-order chi connectivity index (χ0) is 17.7. The van der Waals surface area contributed by atoms with Crippen molar-refractivity contribution in [1.82, 2.24) is 13.6 Å². The van der Waals surface area contributed by atoms with Crippen molar-refractivity contribution in [3.8, 4) is 0 Å².